The predicted octanol–water partition coefficient (Wildman–Crippen LogP) is 1.68. The third-order valence-electron chi connectivity index (χ3n) is 4.99. The lowest BCUT2D eigenvalue weighted by Crippen LogP contribution is -2.57. The number of piperidine rings is 1. The van der Waals surface area contributed by atoms with Crippen molar-refractivity contribution in [1.29, 1.82) is 0 Å². The second-order valence-electron chi connectivity index (χ2n) is 6.76. The molecule has 3 rings (SSSR count). The number of nitrogens with one attached hydrogen (secondary N) is 1. The number of aryl methyl sites for hydroxylation is 1. The summed E-state index contributed by atoms with van der Waals surface area (Å²) >= 11 is 0. The number of likely N-dealkylation sites (tertiary alicyclic amines) is 1. The summed E-state index contributed by atoms with van der Waals surface area (Å²) in [6.07, 6.45) is 4.11. The first-order valence-corrected chi connectivity index (χ1v) is 9.07. The molecule has 1 aromatic carbocycles. The molecule has 2 heterocycles. The van der Waals surface area contributed by atoms with E-state index in [0.717, 1.165) is 50.9 Å². The first kappa shape index (κ1) is 17.0. The van der Waals surface area contributed by atoms with E-state index >= 15 is 0 Å². The second kappa shape index (κ2) is 7.79. The van der Waals surface area contributed by atoms with Crippen LogP contribution in [0.25, 0.3) is 0 Å². The number of hydrogen-bond acceptors (Lipinski definition) is 3. The van der Waals surface area contributed by atoms with Crippen LogP contribution in [0.15, 0.2) is 24.3 Å². The summed E-state index contributed by atoms with van der Waals surface area (Å²) in [5.41, 5.74) is 2.03. The fraction of sp³-hybridized carbons (Fsp3) is 0.579. The van der Waals surface area contributed by atoms with Crippen molar-refractivity contribution in [3.8, 4) is 0 Å². The molecule has 2 aliphatic rings. The van der Waals surface area contributed by atoms with Gasteiger partial charge in [0, 0.05) is 37.8 Å². The van der Waals surface area contributed by atoms with E-state index < -0.39 is 0 Å². The maximum atomic E-state index is 12.8. The highest BCUT2D eigenvalue weighted by Crippen LogP contribution is 2.19. The smallest absolute Gasteiger partial charge is 0.253 e. The van der Waals surface area contributed by atoms with Gasteiger partial charge in [0.15, 0.2) is 0 Å². The second-order valence-corrected chi connectivity index (χ2v) is 6.76. The summed E-state index contributed by atoms with van der Waals surface area (Å²) < 4.78 is 0. The zero-order valence-electron chi connectivity index (χ0n) is 14.5. The molecule has 5 heteroatoms. The number of rotatable bonds is 4. The lowest BCUT2D eigenvalue weighted by molar-refractivity contribution is -0.135. The van der Waals surface area contributed by atoms with Crippen LogP contribution in [-0.2, 0) is 11.2 Å². The van der Waals surface area contributed by atoms with Crippen LogP contribution in [0, 0.1) is 0 Å². The minimum Gasteiger partial charge on any atom is -0.337 e. The first-order chi connectivity index (χ1) is 11.7. The van der Waals surface area contributed by atoms with Crippen molar-refractivity contribution in [2.45, 2.75) is 38.6 Å². The summed E-state index contributed by atoms with van der Waals surface area (Å²) in [5, 5.41) is 3.11. The quantitative estimate of drug-likeness (QED) is 0.914. The molecule has 0 aromatic heterocycles. The molecule has 2 amide bonds. The van der Waals surface area contributed by atoms with Gasteiger partial charge in [-0.05, 0) is 37.0 Å². The Morgan fingerprint density at radius 1 is 1.25 bits per heavy atom. The largest absolute Gasteiger partial charge is 0.337 e. The minimum absolute atomic E-state index is 0.0883. The molecule has 5 nitrogen and oxygen atoms in total. The van der Waals surface area contributed by atoms with Gasteiger partial charge < -0.3 is 15.1 Å². The van der Waals surface area contributed by atoms with Gasteiger partial charge in [0.25, 0.3) is 5.91 Å². The van der Waals surface area contributed by atoms with Crippen LogP contribution in [0.5, 0.6) is 0 Å². The summed E-state index contributed by atoms with van der Waals surface area (Å²) in [6.45, 7) is 5.60. The maximum absolute atomic E-state index is 12.8. The number of hydrogen-bond donors (Lipinski definition) is 1. The average Bonchev–Trinajstić information content (AvgIpc) is 2.62. The summed E-state index contributed by atoms with van der Waals surface area (Å²) in [7, 11) is 0. The molecule has 0 spiro atoms. The molecule has 130 valence electrons. The Morgan fingerprint density at radius 2 is 2.04 bits per heavy atom. The SMILES string of the molecule is CCCc1ccc(C(=O)N2CCCC(N3CCNCC3=O)C2)cc1. The molecule has 2 aliphatic heterocycles. The standard InChI is InChI=1S/C19H27N3O2/c1-2-4-15-6-8-16(9-7-15)19(24)21-11-3-5-17(14-21)22-12-10-20-13-18(22)23/h6-9,17,20H,2-5,10-14H2,1H3. The summed E-state index contributed by atoms with van der Waals surface area (Å²) in [4.78, 5) is 28.8. The Labute approximate surface area is 144 Å². The third kappa shape index (κ3) is 3.78. The summed E-state index contributed by atoms with van der Waals surface area (Å²) in [5.74, 6) is 0.245. The first-order valence-electron chi connectivity index (χ1n) is 9.07. The molecule has 24 heavy (non-hydrogen) atoms. The Kier molecular flexibility index (Phi) is 5.51. The van der Waals surface area contributed by atoms with Crippen molar-refractivity contribution in [2.24, 2.45) is 0 Å². The number of carbonyl (C=O) groups is 2. The molecule has 1 aromatic rings. The molecule has 0 bridgehead atoms. The van der Waals surface area contributed by atoms with E-state index in [4.69, 9.17) is 0 Å². The van der Waals surface area contributed by atoms with Gasteiger partial charge in [-0.2, -0.15) is 0 Å². The molecule has 0 radical (unpaired) electrons. The zero-order chi connectivity index (χ0) is 16.9. The topological polar surface area (TPSA) is 52.7 Å². The van der Waals surface area contributed by atoms with Crippen LogP contribution < -0.4 is 5.32 Å². The normalized spacial score (nSPS) is 21.9. The van der Waals surface area contributed by atoms with E-state index in [9.17, 15) is 9.59 Å². The van der Waals surface area contributed by atoms with Gasteiger partial charge in [-0.1, -0.05) is 25.5 Å². The van der Waals surface area contributed by atoms with Gasteiger partial charge in [0.2, 0.25) is 5.91 Å². The van der Waals surface area contributed by atoms with Crippen LogP contribution in [0.1, 0.15) is 42.1 Å². The molecule has 2 fully saturated rings. The molecule has 0 aliphatic carbocycles. The fourth-order valence-corrected chi connectivity index (χ4v) is 3.69. The van der Waals surface area contributed by atoms with E-state index in [0.29, 0.717) is 13.1 Å². The van der Waals surface area contributed by atoms with Crippen molar-refractivity contribution >= 4 is 11.8 Å². The van der Waals surface area contributed by atoms with Crippen molar-refractivity contribution in [1.82, 2.24) is 15.1 Å². The van der Waals surface area contributed by atoms with E-state index in [1.54, 1.807) is 0 Å². The lowest BCUT2D eigenvalue weighted by atomic mass is 10.0. The Bertz CT molecular complexity index is 585. The highest BCUT2D eigenvalue weighted by atomic mass is 16.2. The van der Waals surface area contributed by atoms with Gasteiger partial charge >= 0.3 is 0 Å². The van der Waals surface area contributed by atoms with E-state index in [2.05, 4.69) is 24.4 Å². The molecular weight excluding hydrogens is 302 g/mol. The van der Waals surface area contributed by atoms with Gasteiger partial charge in [0.1, 0.15) is 0 Å². The van der Waals surface area contributed by atoms with Gasteiger partial charge in [-0.15, -0.1) is 0 Å². The van der Waals surface area contributed by atoms with Crippen molar-refractivity contribution in [2.75, 3.05) is 32.7 Å². The van der Waals surface area contributed by atoms with E-state index in [-0.39, 0.29) is 17.9 Å². The monoisotopic (exact) mass is 329 g/mol. The van der Waals surface area contributed by atoms with Crippen molar-refractivity contribution in [3.05, 3.63) is 35.4 Å². The molecular formula is C19H27N3O2. The lowest BCUT2D eigenvalue weighted by Gasteiger charge is -2.41. The van der Waals surface area contributed by atoms with Crippen LogP contribution in [0.3, 0.4) is 0 Å². The number of benzene rings is 1. The molecule has 0 saturated carbocycles. The van der Waals surface area contributed by atoms with Gasteiger partial charge in [-0.3, -0.25) is 9.59 Å². The Morgan fingerprint density at radius 3 is 2.75 bits per heavy atom. The van der Waals surface area contributed by atoms with Crippen LogP contribution in [-0.4, -0.2) is 60.4 Å². The number of piperazine rings is 1. The maximum Gasteiger partial charge on any atom is 0.253 e. The van der Waals surface area contributed by atoms with E-state index in [1.165, 1.54) is 5.56 Å². The number of amides is 2. The number of carbonyl (C=O) groups excluding carboxylic acids is 2. The number of nitrogens with zero attached hydrogens (tertiary/aromatic N) is 2. The van der Waals surface area contributed by atoms with Crippen LogP contribution >= 0.6 is 0 Å². The zero-order valence-corrected chi connectivity index (χ0v) is 14.5. The Hall–Kier alpha value is -1.88. The van der Waals surface area contributed by atoms with Crippen molar-refractivity contribution in [3.63, 3.8) is 0 Å². The Balaban J connectivity index is 1.65. The highest BCUT2D eigenvalue weighted by Gasteiger charge is 2.31. The van der Waals surface area contributed by atoms with Crippen molar-refractivity contribution < 1.29 is 9.59 Å². The molecule has 1 atom stereocenters. The average molecular weight is 329 g/mol. The fourth-order valence-electron chi connectivity index (χ4n) is 3.69. The van der Waals surface area contributed by atoms with Gasteiger partial charge in [0.05, 0.1) is 6.54 Å². The summed E-state index contributed by atoms with van der Waals surface area (Å²) in [6, 6.07) is 8.15. The minimum atomic E-state index is 0.0883. The van der Waals surface area contributed by atoms with Crippen LogP contribution in [0.4, 0.5) is 0 Å². The van der Waals surface area contributed by atoms with Gasteiger partial charge in [-0.25, -0.2) is 0 Å². The van der Waals surface area contributed by atoms with Crippen LogP contribution in [0.2, 0.25) is 0 Å². The molecule has 2 saturated heterocycles. The molecule has 1 N–H and O–H groups in total. The van der Waals surface area contributed by atoms with E-state index in [1.807, 2.05) is 21.9 Å². The predicted molar refractivity (Wildman–Crippen MR) is 93.9 cm³/mol. The third-order valence-corrected chi connectivity index (χ3v) is 4.99. The highest BCUT2D eigenvalue weighted by molar-refractivity contribution is 5.94. The molecule has 1 unspecified atom stereocenters.